The van der Waals surface area contributed by atoms with Crippen molar-refractivity contribution < 1.29 is 14.3 Å². The van der Waals surface area contributed by atoms with Gasteiger partial charge in [0.05, 0.1) is 0 Å². The van der Waals surface area contributed by atoms with Gasteiger partial charge in [-0.3, -0.25) is 9.59 Å². The van der Waals surface area contributed by atoms with E-state index in [9.17, 15) is 14.9 Å². The summed E-state index contributed by atoms with van der Waals surface area (Å²) in [6.45, 7) is 1.63. The van der Waals surface area contributed by atoms with Gasteiger partial charge in [-0.1, -0.05) is 29.8 Å². The Kier molecular flexibility index (Phi) is 6.36. The maximum Gasteiger partial charge on any atom is 0.266 e. The predicted octanol–water partition coefficient (Wildman–Crippen LogP) is 3.06. The number of hydrogen-bond acceptors (Lipinski definition) is 4. The van der Waals surface area contributed by atoms with Gasteiger partial charge in [-0.25, -0.2) is 0 Å². The third kappa shape index (κ3) is 5.36. The van der Waals surface area contributed by atoms with E-state index in [0.29, 0.717) is 22.0 Å². The molecule has 0 aromatic heterocycles. The Bertz CT molecular complexity index is 899. The van der Waals surface area contributed by atoms with Crippen molar-refractivity contribution in [3.63, 3.8) is 0 Å². The fourth-order valence-electron chi connectivity index (χ4n) is 2.00. The molecule has 0 saturated carbocycles. The molecule has 0 aliphatic rings. The monoisotopic (exact) mass is 369 g/mol. The highest BCUT2D eigenvalue weighted by Crippen LogP contribution is 2.21. The van der Waals surface area contributed by atoms with Crippen molar-refractivity contribution in [2.45, 2.75) is 6.92 Å². The molecule has 0 fully saturated rings. The lowest BCUT2D eigenvalue weighted by Crippen LogP contribution is -2.19. The topological polar surface area (TPSA) is 105 Å². The van der Waals surface area contributed by atoms with Crippen LogP contribution in [-0.2, 0) is 9.59 Å². The number of aryl methyl sites for hydroxylation is 1. The van der Waals surface area contributed by atoms with Crippen molar-refractivity contribution in [3.05, 3.63) is 64.2 Å². The normalized spacial score (nSPS) is 10.7. The Labute approximate surface area is 155 Å². The number of hydrogen-bond donors (Lipinski definition) is 2. The van der Waals surface area contributed by atoms with Gasteiger partial charge in [0.2, 0.25) is 0 Å². The summed E-state index contributed by atoms with van der Waals surface area (Å²) in [5.74, 6) is -0.659. The second-order valence-electron chi connectivity index (χ2n) is 5.41. The van der Waals surface area contributed by atoms with E-state index >= 15 is 0 Å². The molecule has 0 aliphatic heterocycles. The van der Waals surface area contributed by atoms with Crippen molar-refractivity contribution in [1.82, 2.24) is 0 Å². The van der Waals surface area contributed by atoms with E-state index in [4.69, 9.17) is 22.1 Å². The minimum atomic E-state index is -0.575. The minimum absolute atomic E-state index is 0.0625. The second-order valence-corrected chi connectivity index (χ2v) is 5.82. The van der Waals surface area contributed by atoms with Crippen molar-refractivity contribution in [1.29, 1.82) is 5.26 Å². The van der Waals surface area contributed by atoms with Gasteiger partial charge < -0.3 is 15.8 Å². The molecular weight excluding hydrogens is 354 g/mol. The molecule has 6 nitrogen and oxygen atoms in total. The summed E-state index contributed by atoms with van der Waals surface area (Å²) in [5, 5.41) is 12.4. The van der Waals surface area contributed by atoms with Crippen molar-refractivity contribution in [2.24, 2.45) is 5.73 Å². The van der Waals surface area contributed by atoms with Gasteiger partial charge >= 0.3 is 0 Å². The van der Waals surface area contributed by atoms with Crippen LogP contribution in [0.2, 0.25) is 5.02 Å². The third-order valence-corrected chi connectivity index (χ3v) is 3.77. The van der Waals surface area contributed by atoms with Crippen LogP contribution in [-0.4, -0.2) is 18.4 Å². The molecule has 2 aromatic rings. The molecule has 2 rings (SSSR count). The first kappa shape index (κ1) is 19.0. The number of rotatable bonds is 6. The number of amides is 2. The van der Waals surface area contributed by atoms with Crippen LogP contribution in [0.4, 0.5) is 5.69 Å². The Morgan fingerprint density at radius 2 is 1.96 bits per heavy atom. The summed E-state index contributed by atoms with van der Waals surface area (Å²) in [7, 11) is 0. The predicted molar refractivity (Wildman–Crippen MR) is 99.5 cm³/mol. The lowest BCUT2D eigenvalue weighted by Gasteiger charge is -2.07. The molecule has 0 spiro atoms. The lowest BCUT2D eigenvalue weighted by atomic mass is 10.1. The Morgan fingerprint density at radius 1 is 1.27 bits per heavy atom. The first-order chi connectivity index (χ1) is 12.4. The van der Waals surface area contributed by atoms with E-state index in [1.165, 1.54) is 6.08 Å². The number of carbonyl (C=O) groups is 2. The zero-order chi connectivity index (χ0) is 19.1. The molecule has 0 aliphatic carbocycles. The number of nitriles is 1. The summed E-state index contributed by atoms with van der Waals surface area (Å²) >= 11 is 6.03. The molecule has 0 unspecified atom stereocenters. The Balaban J connectivity index is 2.11. The maximum atomic E-state index is 12.3. The Hall–Kier alpha value is -3.30. The molecule has 0 atom stereocenters. The van der Waals surface area contributed by atoms with Gasteiger partial charge in [-0.05, 0) is 48.4 Å². The molecule has 0 bridgehead atoms. The van der Waals surface area contributed by atoms with Crippen LogP contribution in [0.1, 0.15) is 11.1 Å². The first-order valence-electron chi connectivity index (χ1n) is 7.59. The van der Waals surface area contributed by atoms with Gasteiger partial charge in [0, 0.05) is 10.7 Å². The number of nitrogens with one attached hydrogen (secondary N) is 1. The van der Waals surface area contributed by atoms with E-state index in [1.807, 2.05) is 13.0 Å². The summed E-state index contributed by atoms with van der Waals surface area (Å²) < 4.78 is 5.15. The molecule has 7 heteroatoms. The summed E-state index contributed by atoms with van der Waals surface area (Å²) in [6.07, 6.45) is 1.45. The SMILES string of the molecule is Cc1ccc(NC(=O)C(C#N)=Cc2ccc(OCC(N)=O)cc2)cc1Cl. The highest BCUT2D eigenvalue weighted by atomic mass is 35.5. The van der Waals surface area contributed by atoms with Crippen molar-refractivity contribution in [2.75, 3.05) is 11.9 Å². The number of nitrogens with zero attached hydrogens (tertiary/aromatic N) is 1. The highest BCUT2D eigenvalue weighted by Gasteiger charge is 2.10. The average Bonchev–Trinajstić information content (AvgIpc) is 2.61. The molecule has 2 aromatic carbocycles. The Morgan fingerprint density at radius 3 is 2.54 bits per heavy atom. The molecular formula is C19H16ClN3O3. The van der Waals surface area contributed by atoms with Crippen LogP contribution in [0.3, 0.4) is 0 Å². The molecule has 3 N–H and O–H groups in total. The maximum absolute atomic E-state index is 12.3. The van der Waals surface area contributed by atoms with Crippen LogP contribution in [0, 0.1) is 18.3 Å². The molecule has 0 heterocycles. The third-order valence-electron chi connectivity index (χ3n) is 3.37. The van der Waals surface area contributed by atoms with Gasteiger partial charge in [0.15, 0.2) is 6.61 Å². The van der Waals surface area contributed by atoms with E-state index in [1.54, 1.807) is 42.5 Å². The largest absolute Gasteiger partial charge is 0.484 e. The molecule has 26 heavy (non-hydrogen) atoms. The number of primary amides is 1. The fraction of sp³-hybridized carbons (Fsp3) is 0.105. The number of benzene rings is 2. The number of carbonyl (C=O) groups excluding carboxylic acids is 2. The smallest absolute Gasteiger partial charge is 0.266 e. The first-order valence-corrected chi connectivity index (χ1v) is 7.97. The number of ether oxygens (including phenoxy) is 1. The van der Waals surface area contributed by atoms with Gasteiger partial charge in [-0.2, -0.15) is 5.26 Å². The fourth-order valence-corrected chi connectivity index (χ4v) is 2.18. The van der Waals surface area contributed by atoms with Gasteiger partial charge in [-0.15, -0.1) is 0 Å². The standard InChI is InChI=1S/C19H16ClN3O3/c1-12-2-5-15(9-17(12)20)23-19(25)14(10-21)8-13-3-6-16(7-4-13)26-11-18(22)24/h2-9H,11H2,1H3,(H2,22,24)(H,23,25). The molecule has 0 saturated heterocycles. The summed E-state index contributed by atoms with van der Waals surface area (Å²) in [5.41, 5.74) is 6.96. The molecule has 2 amide bonds. The average molecular weight is 370 g/mol. The van der Waals surface area contributed by atoms with Crippen molar-refractivity contribution >= 4 is 35.2 Å². The zero-order valence-electron chi connectivity index (χ0n) is 14.0. The van der Waals surface area contributed by atoms with E-state index in [0.717, 1.165) is 5.56 Å². The van der Waals surface area contributed by atoms with Crippen molar-refractivity contribution in [3.8, 4) is 11.8 Å². The van der Waals surface area contributed by atoms with E-state index in [-0.39, 0.29) is 12.2 Å². The van der Waals surface area contributed by atoms with E-state index < -0.39 is 11.8 Å². The van der Waals surface area contributed by atoms with Crippen LogP contribution < -0.4 is 15.8 Å². The number of halogens is 1. The highest BCUT2D eigenvalue weighted by molar-refractivity contribution is 6.31. The van der Waals surface area contributed by atoms with Crippen LogP contribution in [0.5, 0.6) is 5.75 Å². The molecule has 0 radical (unpaired) electrons. The molecule has 132 valence electrons. The van der Waals surface area contributed by atoms with Crippen LogP contribution >= 0.6 is 11.6 Å². The van der Waals surface area contributed by atoms with Crippen LogP contribution in [0.25, 0.3) is 6.08 Å². The van der Waals surface area contributed by atoms with Gasteiger partial charge in [0.1, 0.15) is 17.4 Å². The second kappa shape index (κ2) is 8.70. The number of nitrogens with two attached hydrogens (primary N) is 1. The zero-order valence-corrected chi connectivity index (χ0v) is 14.7. The van der Waals surface area contributed by atoms with Gasteiger partial charge in [0.25, 0.3) is 11.8 Å². The minimum Gasteiger partial charge on any atom is -0.484 e. The van der Waals surface area contributed by atoms with Crippen LogP contribution in [0.15, 0.2) is 48.0 Å². The summed E-state index contributed by atoms with van der Waals surface area (Å²) in [6, 6.07) is 13.5. The lowest BCUT2D eigenvalue weighted by molar-refractivity contribution is -0.120. The number of anilines is 1. The van der Waals surface area contributed by atoms with E-state index in [2.05, 4.69) is 5.32 Å². The quantitative estimate of drug-likeness (QED) is 0.603. The summed E-state index contributed by atoms with van der Waals surface area (Å²) in [4.78, 5) is 23.0.